The molecule has 34 heavy (non-hydrogen) atoms. The van der Waals surface area contributed by atoms with E-state index in [2.05, 4.69) is 27.1 Å². The number of carbonyl (C=O) groups excluding carboxylic acids is 3. The number of nitrogens with zero attached hydrogens (tertiary/aromatic N) is 4. The molecule has 9 heteroatoms. The minimum Gasteiger partial charge on any atom is -0.337 e. The molecule has 1 saturated heterocycles. The highest BCUT2D eigenvalue weighted by atomic mass is 16.2. The van der Waals surface area contributed by atoms with Crippen LogP contribution in [0.25, 0.3) is 11.3 Å². The molecule has 0 radical (unpaired) electrons. The summed E-state index contributed by atoms with van der Waals surface area (Å²) >= 11 is 0. The minimum absolute atomic E-state index is 0.195. The van der Waals surface area contributed by atoms with Gasteiger partial charge in [-0.25, -0.2) is 14.6 Å². The summed E-state index contributed by atoms with van der Waals surface area (Å²) in [6.07, 6.45) is 4.70. The Morgan fingerprint density at radius 3 is 2.65 bits per heavy atom. The van der Waals surface area contributed by atoms with Gasteiger partial charge in [-0.05, 0) is 56.4 Å². The Bertz CT molecular complexity index is 1270. The molecule has 4 rings (SSSR count). The minimum atomic E-state index is -0.372. The van der Waals surface area contributed by atoms with Crippen LogP contribution in [0, 0.1) is 11.8 Å². The van der Waals surface area contributed by atoms with Gasteiger partial charge >= 0.3 is 0 Å². The summed E-state index contributed by atoms with van der Waals surface area (Å²) in [4.78, 5) is 47.3. The molecule has 1 fully saturated rings. The van der Waals surface area contributed by atoms with Gasteiger partial charge in [0, 0.05) is 23.9 Å². The van der Waals surface area contributed by atoms with Crippen LogP contribution in [0.4, 0.5) is 5.82 Å². The highest BCUT2D eigenvalue weighted by Crippen LogP contribution is 2.33. The van der Waals surface area contributed by atoms with Gasteiger partial charge < -0.3 is 16.1 Å². The first kappa shape index (κ1) is 22.7. The molecular formula is C25H24N6O3. The molecule has 0 bridgehead atoms. The fourth-order valence-corrected chi connectivity index (χ4v) is 4.05. The van der Waals surface area contributed by atoms with Gasteiger partial charge in [-0.3, -0.25) is 14.4 Å². The molecule has 2 amide bonds. The average Bonchev–Trinajstić information content (AvgIpc) is 3.20. The quantitative estimate of drug-likeness (QED) is 0.346. The lowest BCUT2D eigenvalue weighted by Crippen LogP contribution is -2.39. The van der Waals surface area contributed by atoms with Crippen LogP contribution in [-0.2, 0) is 4.79 Å². The maximum atomic E-state index is 12.5. The van der Waals surface area contributed by atoms with Crippen molar-refractivity contribution in [2.24, 2.45) is 0 Å². The number of aromatic nitrogens is 3. The predicted octanol–water partition coefficient (Wildman–Crippen LogP) is 2.80. The van der Waals surface area contributed by atoms with Crippen molar-refractivity contribution in [3.05, 3.63) is 65.7 Å². The number of nitrogen functional groups attached to an aromatic ring is 1. The van der Waals surface area contributed by atoms with E-state index in [0.29, 0.717) is 47.7 Å². The van der Waals surface area contributed by atoms with E-state index >= 15 is 0 Å². The van der Waals surface area contributed by atoms with Gasteiger partial charge in [0.25, 0.3) is 11.8 Å². The maximum Gasteiger partial charge on any atom is 0.299 e. The number of nitrogens with one attached hydrogen (secondary N) is 1. The zero-order chi connectivity index (χ0) is 24.1. The lowest BCUT2D eigenvalue weighted by atomic mass is 10.0. The van der Waals surface area contributed by atoms with Crippen molar-refractivity contribution in [2.45, 2.75) is 32.2 Å². The first-order valence-corrected chi connectivity index (χ1v) is 10.9. The number of imidazole rings is 1. The van der Waals surface area contributed by atoms with Gasteiger partial charge in [0.05, 0.1) is 6.04 Å². The molecule has 3 heterocycles. The molecule has 3 N–H and O–H groups in total. The molecule has 172 valence electrons. The monoisotopic (exact) mass is 456 g/mol. The first-order chi connectivity index (χ1) is 16.5. The molecule has 1 aliphatic heterocycles. The molecule has 0 aliphatic carbocycles. The van der Waals surface area contributed by atoms with Gasteiger partial charge in [0.2, 0.25) is 0 Å². The number of anilines is 1. The summed E-state index contributed by atoms with van der Waals surface area (Å²) in [5.41, 5.74) is 1.64. The zero-order valence-electron chi connectivity index (χ0n) is 18.7. The van der Waals surface area contributed by atoms with Gasteiger partial charge in [-0.15, -0.1) is 0 Å². The molecule has 1 atom stereocenters. The number of piperidine rings is 1. The number of pyridine rings is 1. The number of likely N-dealkylation sites (tertiary alicyclic amines) is 1. The summed E-state index contributed by atoms with van der Waals surface area (Å²) in [6, 6.07) is 11.6. The Hall–Kier alpha value is -4.45. The van der Waals surface area contributed by atoms with Crippen LogP contribution in [0.2, 0.25) is 0 Å². The van der Waals surface area contributed by atoms with Crippen LogP contribution in [-0.4, -0.2) is 44.2 Å². The summed E-state index contributed by atoms with van der Waals surface area (Å²) < 4.78 is 1.25. The van der Waals surface area contributed by atoms with Crippen molar-refractivity contribution in [2.75, 3.05) is 17.7 Å². The van der Waals surface area contributed by atoms with E-state index in [1.54, 1.807) is 60.5 Å². The zero-order valence-corrected chi connectivity index (χ0v) is 18.7. The van der Waals surface area contributed by atoms with Crippen molar-refractivity contribution in [3.63, 3.8) is 0 Å². The number of benzene rings is 1. The maximum absolute atomic E-state index is 12.5. The van der Waals surface area contributed by atoms with Crippen molar-refractivity contribution >= 4 is 23.9 Å². The third-order valence-electron chi connectivity index (χ3n) is 5.71. The van der Waals surface area contributed by atoms with E-state index in [1.165, 1.54) is 4.68 Å². The molecule has 1 aromatic carbocycles. The summed E-state index contributed by atoms with van der Waals surface area (Å²) in [5, 5.41) is 2.73. The average molecular weight is 457 g/mol. The summed E-state index contributed by atoms with van der Waals surface area (Å²) in [5.74, 6) is 11.8. The number of hydrogen-bond acceptors (Lipinski definition) is 6. The number of hydrogen-bond donors (Lipinski definition) is 2. The van der Waals surface area contributed by atoms with Crippen LogP contribution in [0.15, 0.2) is 48.7 Å². The topological polar surface area (TPSA) is 123 Å². The second kappa shape index (κ2) is 10.0. The molecule has 1 unspecified atom stereocenters. The smallest absolute Gasteiger partial charge is 0.299 e. The van der Waals surface area contributed by atoms with Crippen molar-refractivity contribution in [1.29, 1.82) is 0 Å². The van der Waals surface area contributed by atoms with E-state index < -0.39 is 0 Å². The first-order valence-electron chi connectivity index (χ1n) is 10.9. The third kappa shape index (κ3) is 4.52. The van der Waals surface area contributed by atoms with Crippen LogP contribution in [0.1, 0.15) is 58.9 Å². The highest BCUT2D eigenvalue weighted by Gasteiger charge is 2.32. The van der Waals surface area contributed by atoms with Crippen molar-refractivity contribution in [3.8, 4) is 23.1 Å². The Kier molecular flexibility index (Phi) is 6.69. The number of amides is 2. The third-order valence-corrected chi connectivity index (χ3v) is 5.71. The molecule has 1 aliphatic rings. The van der Waals surface area contributed by atoms with E-state index in [1.807, 2.05) is 0 Å². The molecule has 9 nitrogen and oxygen atoms in total. The van der Waals surface area contributed by atoms with Gasteiger partial charge in [0.1, 0.15) is 17.2 Å². The molecule has 2 aromatic heterocycles. The Labute approximate surface area is 197 Å². The number of carbonyl (C=O) groups is 3. The van der Waals surface area contributed by atoms with Crippen molar-refractivity contribution in [1.82, 2.24) is 19.5 Å². The van der Waals surface area contributed by atoms with E-state index in [-0.39, 0.29) is 23.6 Å². The molecule has 0 saturated carbocycles. The second-order valence-electron chi connectivity index (χ2n) is 7.82. The second-order valence-corrected chi connectivity index (χ2v) is 7.82. The van der Waals surface area contributed by atoms with E-state index in [4.69, 9.17) is 5.84 Å². The predicted molar refractivity (Wildman–Crippen MR) is 127 cm³/mol. The van der Waals surface area contributed by atoms with Crippen LogP contribution < -0.4 is 11.2 Å². The highest BCUT2D eigenvalue weighted by molar-refractivity contribution is 6.04. The Morgan fingerprint density at radius 2 is 1.97 bits per heavy atom. The van der Waals surface area contributed by atoms with Gasteiger partial charge in [-0.1, -0.05) is 24.1 Å². The Balaban J connectivity index is 1.63. The number of nitrogens with two attached hydrogens (primary N) is 1. The fourth-order valence-electron chi connectivity index (χ4n) is 4.05. The van der Waals surface area contributed by atoms with Crippen LogP contribution >= 0.6 is 0 Å². The number of rotatable bonds is 5. The molecule has 0 spiro atoms. The lowest BCUT2D eigenvalue weighted by molar-refractivity contribution is -0.129. The normalized spacial score (nSPS) is 15.2. The van der Waals surface area contributed by atoms with Gasteiger partial charge in [-0.2, -0.15) is 0 Å². The molecule has 3 aromatic rings. The molecular weight excluding hydrogens is 432 g/mol. The van der Waals surface area contributed by atoms with Crippen molar-refractivity contribution < 1.29 is 14.4 Å². The van der Waals surface area contributed by atoms with E-state index in [9.17, 15) is 14.4 Å². The van der Waals surface area contributed by atoms with Crippen LogP contribution in [0.5, 0.6) is 0 Å². The summed E-state index contributed by atoms with van der Waals surface area (Å²) in [6.45, 7) is 2.17. The lowest BCUT2D eigenvalue weighted by Gasteiger charge is -2.33. The number of aldehydes is 1. The Morgan fingerprint density at radius 1 is 1.18 bits per heavy atom. The van der Waals surface area contributed by atoms with E-state index in [0.717, 1.165) is 12.8 Å². The standard InChI is InChI=1S/C25H24N6O3/c1-2-7-22(33)30-15-6-4-8-19(30)24-29-23(20(16-32)31(24)26)17-10-12-18(13-11-17)25(34)28-21-9-3-5-14-27-21/h3,5,9-14,16,19H,4,6,8,15,26H2,1H3,(H,27,28,34). The summed E-state index contributed by atoms with van der Waals surface area (Å²) in [7, 11) is 0. The van der Waals surface area contributed by atoms with Gasteiger partial charge in [0.15, 0.2) is 12.1 Å². The van der Waals surface area contributed by atoms with Crippen LogP contribution in [0.3, 0.4) is 0 Å². The largest absolute Gasteiger partial charge is 0.337 e. The fraction of sp³-hybridized carbons (Fsp3) is 0.240. The SMILES string of the molecule is CC#CC(=O)N1CCCCC1c1nc(-c2ccc(C(=O)Nc3ccccn3)cc2)c(C=O)n1N.